The molecule has 8 nitrogen and oxygen atoms in total. The molecule has 2 heterocycles. The van der Waals surface area contributed by atoms with Gasteiger partial charge in [-0.25, -0.2) is 18.5 Å². The molecule has 9 heteroatoms. The van der Waals surface area contributed by atoms with Crippen LogP contribution in [0.25, 0.3) is 5.65 Å². The first-order valence-electron chi connectivity index (χ1n) is 8.06. The van der Waals surface area contributed by atoms with Crippen molar-refractivity contribution >= 4 is 21.6 Å². The molecule has 1 amide bonds. The highest BCUT2D eigenvalue weighted by Gasteiger charge is 2.22. The topological polar surface area (TPSA) is 115 Å². The SMILES string of the molecule is CC(c1ccc(S(N)(=O)=O)cc1)N(C)C(=O)c1cnc2ccccn2c1=O. The highest BCUT2D eigenvalue weighted by molar-refractivity contribution is 7.89. The zero-order valence-corrected chi connectivity index (χ0v) is 15.6. The average Bonchev–Trinajstić information content (AvgIpc) is 2.66. The van der Waals surface area contributed by atoms with E-state index >= 15 is 0 Å². The molecule has 1 aromatic carbocycles. The average molecular weight is 386 g/mol. The molecule has 0 aliphatic heterocycles. The smallest absolute Gasteiger partial charge is 0.270 e. The van der Waals surface area contributed by atoms with Gasteiger partial charge < -0.3 is 4.90 Å². The van der Waals surface area contributed by atoms with Gasteiger partial charge in [0.2, 0.25) is 10.0 Å². The van der Waals surface area contributed by atoms with Crippen LogP contribution in [0, 0.1) is 0 Å². The standard InChI is InChI=1S/C18H18N4O4S/c1-12(13-6-8-14(9-7-13)27(19,25)26)21(2)17(23)15-11-20-16-5-3-4-10-22(16)18(15)24/h3-12H,1-2H3,(H2,19,25,26). The Morgan fingerprint density at radius 2 is 1.85 bits per heavy atom. The van der Waals surface area contributed by atoms with Gasteiger partial charge in [-0.2, -0.15) is 0 Å². The summed E-state index contributed by atoms with van der Waals surface area (Å²) in [4.78, 5) is 30.9. The fraction of sp³-hybridized carbons (Fsp3) is 0.167. The van der Waals surface area contributed by atoms with Crippen molar-refractivity contribution in [3.63, 3.8) is 0 Å². The van der Waals surface area contributed by atoms with E-state index in [1.54, 1.807) is 50.5 Å². The fourth-order valence-corrected chi connectivity index (χ4v) is 3.21. The van der Waals surface area contributed by atoms with Gasteiger partial charge in [-0.15, -0.1) is 0 Å². The summed E-state index contributed by atoms with van der Waals surface area (Å²) in [5.74, 6) is -0.478. The number of aromatic nitrogens is 2. The van der Waals surface area contributed by atoms with E-state index in [9.17, 15) is 18.0 Å². The van der Waals surface area contributed by atoms with E-state index in [1.165, 1.54) is 27.6 Å². The molecule has 27 heavy (non-hydrogen) atoms. The molecule has 3 rings (SSSR count). The number of sulfonamides is 1. The zero-order chi connectivity index (χ0) is 19.8. The lowest BCUT2D eigenvalue weighted by atomic mass is 10.1. The maximum Gasteiger partial charge on any atom is 0.270 e. The number of hydrogen-bond donors (Lipinski definition) is 1. The van der Waals surface area contributed by atoms with E-state index < -0.39 is 27.5 Å². The Balaban J connectivity index is 1.91. The summed E-state index contributed by atoms with van der Waals surface area (Å²) >= 11 is 0. The molecule has 2 aromatic heterocycles. The first-order chi connectivity index (χ1) is 12.7. The summed E-state index contributed by atoms with van der Waals surface area (Å²) in [6.07, 6.45) is 2.82. The van der Waals surface area contributed by atoms with Crippen LogP contribution >= 0.6 is 0 Å². The number of amides is 1. The summed E-state index contributed by atoms with van der Waals surface area (Å²) in [5, 5.41) is 5.09. The van der Waals surface area contributed by atoms with Crippen molar-refractivity contribution in [3.8, 4) is 0 Å². The Morgan fingerprint density at radius 1 is 1.19 bits per heavy atom. The first kappa shape index (κ1) is 18.7. The number of rotatable bonds is 4. The van der Waals surface area contributed by atoms with Crippen LogP contribution in [0.4, 0.5) is 0 Å². The van der Waals surface area contributed by atoms with E-state index in [1.807, 2.05) is 0 Å². The van der Waals surface area contributed by atoms with E-state index in [0.717, 1.165) is 0 Å². The lowest BCUT2D eigenvalue weighted by Gasteiger charge is -2.25. The maximum atomic E-state index is 12.8. The minimum absolute atomic E-state index is 0.00981. The van der Waals surface area contributed by atoms with Crippen LogP contribution in [0.1, 0.15) is 28.9 Å². The number of nitrogens with two attached hydrogens (primary N) is 1. The highest BCUT2D eigenvalue weighted by atomic mass is 32.2. The normalized spacial score (nSPS) is 12.7. The second kappa shape index (κ2) is 6.93. The van der Waals surface area contributed by atoms with E-state index in [2.05, 4.69) is 4.98 Å². The van der Waals surface area contributed by atoms with Gasteiger partial charge in [-0.05, 0) is 36.8 Å². The van der Waals surface area contributed by atoms with Gasteiger partial charge in [0.05, 0.1) is 10.9 Å². The maximum absolute atomic E-state index is 12.8. The monoisotopic (exact) mass is 386 g/mol. The van der Waals surface area contributed by atoms with Crippen molar-refractivity contribution in [1.29, 1.82) is 0 Å². The number of nitrogens with zero attached hydrogens (tertiary/aromatic N) is 3. The number of primary sulfonamides is 1. The number of pyridine rings is 1. The molecule has 140 valence electrons. The Bertz CT molecular complexity index is 1170. The second-order valence-corrected chi connectivity index (χ2v) is 7.67. The van der Waals surface area contributed by atoms with Crippen LogP contribution in [0.3, 0.4) is 0 Å². The molecule has 1 atom stereocenters. The Morgan fingerprint density at radius 3 is 2.48 bits per heavy atom. The highest BCUT2D eigenvalue weighted by Crippen LogP contribution is 2.21. The van der Waals surface area contributed by atoms with Gasteiger partial charge in [-0.1, -0.05) is 18.2 Å². The van der Waals surface area contributed by atoms with Gasteiger partial charge in [0.15, 0.2) is 0 Å². The second-order valence-electron chi connectivity index (χ2n) is 6.11. The molecular formula is C18H18N4O4S. The largest absolute Gasteiger partial charge is 0.335 e. The Labute approximate surface area is 155 Å². The van der Waals surface area contributed by atoms with Gasteiger partial charge in [-0.3, -0.25) is 14.0 Å². The quantitative estimate of drug-likeness (QED) is 0.723. The van der Waals surface area contributed by atoms with Gasteiger partial charge in [0, 0.05) is 19.4 Å². The predicted octanol–water partition coefficient (Wildman–Crippen LogP) is 1.18. The van der Waals surface area contributed by atoms with Crippen molar-refractivity contribution in [2.45, 2.75) is 17.9 Å². The van der Waals surface area contributed by atoms with Gasteiger partial charge in [0.25, 0.3) is 11.5 Å². The summed E-state index contributed by atoms with van der Waals surface area (Å²) in [6.45, 7) is 1.77. The van der Waals surface area contributed by atoms with Crippen LogP contribution in [0.5, 0.6) is 0 Å². The number of carbonyl (C=O) groups excluding carboxylic acids is 1. The van der Waals surface area contributed by atoms with Crippen LogP contribution < -0.4 is 10.7 Å². The summed E-state index contributed by atoms with van der Waals surface area (Å²) in [5.41, 5.74) is 0.656. The van der Waals surface area contributed by atoms with E-state index in [4.69, 9.17) is 5.14 Å². The molecule has 0 bridgehead atoms. The zero-order valence-electron chi connectivity index (χ0n) is 14.7. The third kappa shape index (κ3) is 3.60. The Kier molecular flexibility index (Phi) is 4.81. The van der Waals surface area contributed by atoms with Gasteiger partial charge >= 0.3 is 0 Å². The van der Waals surface area contributed by atoms with Gasteiger partial charge in [0.1, 0.15) is 11.2 Å². The van der Waals surface area contributed by atoms with Crippen LogP contribution in [-0.4, -0.2) is 35.7 Å². The van der Waals surface area contributed by atoms with Crippen molar-refractivity contribution in [2.75, 3.05) is 7.05 Å². The van der Waals surface area contributed by atoms with E-state index in [-0.39, 0.29) is 10.5 Å². The van der Waals surface area contributed by atoms with Crippen LogP contribution in [0.2, 0.25) is 0 Å². The van der Waals surface area contributed by atoms with Crippen LogP contribution in [-0.2, 0) is 10.0 Å². The van der Waals surface area contributed by atoms with Crippen LogP contribution in [0.15, 0.2) is 64.5 Å². The molecule has 2 N–H and O–H groups in total. The molecular weight excluding hydrogens is 368 g/mol. The molecule has 1 unspecified atom stereocenters. The number of fused-ring (bicyclic) bond motifs is 1. The summed E-state index contributed by atoms with van der Waals surface area (Å²) in [6, 6.07) is 10.6. The summed E-state index contributed by atoms with van der Waals surface area (Å²) in [7, 11) is -2.21. The lowest BCUT2D eigenvalue weighted by molar-refractivity contribution is 0.0740. The Hall–Kier alpha value is -3.04. The summed E-state index contributed by atoms with van der Waals surface area (Å²) < 4.78 is 24.0. The molecule has 3 aromatic rings. The molecule has 0 fully saturated rings. The molecule has 0 spiro atoms. The minimum Gasteiger partial charge on any atom is -0.335 e. The third-order valence-corrected chi connectivity index (χ3v) is 5.37. The number of carbonyl (C=O) groups is 1. The number of benzene rings is 1. The lowest BCUT2D eigenvalue weighted by Crippen LogP contribution is -2.35. The molecule has 0 saturated heterocycles. The van der Waals surface area contributed by atoms with Crippen molar-refractivity contribution in [3.05, 3.63) is 76.3 Å². The first-order valence-corrected chi connectivity index (χ1v) is 9.61. The molecule has 0 radical (unpaired) electrons. The van der Waals surface area contributed by atoms with Crippen molar-refractivity contribution in [1.82, 2.24) is 14.3 Å². The number of hydrogen-bond acceptors (Lipinski definition) is 5. The van der Waals surface area contributed by atoms with E-state index in [0.29, 0.717) is 11.2 Å². The minimum atomic E-state index is -3.78. The molecule has 0 saturated carbocycles. The predicted molar refractivity (Wildman–Crippen MR) is 99.8 cm³/mol. The third-order valence-electron chi connectivity index (χ3n) is 4.44. The fourth-order valence-electron chi connectivity index (χ4n) is 2.70. The molecule has 0 aliphatic carbocycles. The molecule has 0 aliphatic rings. The van der Waals surface area contributed by atoms with Crippen molar-refractivity contribution in [2.24, 2.45) is 5.14 Å². The van der Waals surface area contributed by atoms with Crippen molar-refractivity contribution < 1.29 is 13.2 Å².